The van der Waals surface area contributed by atoms with Crippen LogP contribution in [0.15, 0.2) is 0 Å². The fourth-order valence-electron chi connectivity index (χ4n) is 0. The minimum atomic E-state index is -0.250. The van der Waals surface area contributed by atoms with E-state index in [1.807, 2.05) is 0 Å². The second kappa shape index (κ2) is 46.6. The lowest BCUT2D eigenvalue weighted by Crippen LogP contribution is -1.92. The Hall–Kier alpha value is -0.240. The summed E-state index contributed by atoms with van der Waals surface area (Å²) in [5, 5.41) is 22.0. The van der Waals surface area contributed by atoms with Gasteiger partial charge in [-0.2, -0.15) is 0 Å². The second-order valence-electron chi connectivity index (χ2n) is 0.548. The zero-order valence-corrected chi connectivity index (χ0v) is 5.20. The largest absolute Gasteiger partial charge is 0.382 e. The highest BCUT2D eigenvalue weighted by atomic mass is 16.3. The van der Waals surface area contributed by atoms with Crippen molar-refractivity contribution in [3.63, 3.8) is 0 Å². The van der Waals surface area contributed by atoms with E-state index in [9.17, 15) is 0 Å². The van der Waals surface area contributed by atoms with Crippen molar-refractivity contribution in [3.8, 4) is 0 Å². The molecule has 0 atom stereocenters. The molecule has 6 heteroatoms. The smallest absolute Gasteiger partial charge is 0.0906 e. The van der Waals surface area contributed by atoms with Crippen LogP contribution in [-0.4, -0.2) is 35.5 Å². The van der Waals surface area contributed by atoms with E-state index in [1.165, 1.54) is 0 Å². The molecular formula is C3H15N3O3. The Morgan fingerprint density at radius 2 is 0.667 bits per heavy atom. The minimum Gasteiger partial charge on any atom is -0.382 e. The van der Waals surface area contributed by atoms with Gasteiger partial charge in [0.05, 0.1) is 20.2 Å². The highest BCUT2D eigenvalue weighted by Gasteiger charge is 1.31. The van der Waals surface area contributed by atoms with Crippen LogP contribution in [0.4, 0.5) is 0 Å². The predicted octanol–water partition coefficient (Wildman–Crippen LogP) is -3.32. The predicted molar refractivity (Wildman–Crippen MR) is 33.8 cm³/mol. The third-order valence-electron chi connectivity index (χ3n) is 0. The molecule has 0 aliphatic rings. The summed E-state index contributed by atoms with van der Waals surface area (Å²) in [5.74, 6) is 0. The van der Waals surface area contributed by atoms with Crippen molar-refractivity contribution in [3.05, 3.63) is 0 Å². The number of hydrogen-bond donors (Lipinski definition) is 6. The van der Waals surface area contributed by atoms with Gasteiger partial charge in [0.1, 0.15) is 0 Å². The molecule has 60 valence electrons. The molecule has 0 heterocycles. The fraction of sp³-hybridized carbons (Fsp3) is 1.00. The van der Waals surface area contributed by atoms with Crippen molar-refractivity contribution in [2.24, 2.45) is 17.2 Å². The molecule has 0 fully saturated rings. The Labute approximate surface area is 53.9 Å². The van der Waals surface area contributed by atoms with Crippen molar-refractivity contribution >= 4 is 0 Å². The van der Waals surface area contributed by atoms with Crippen molar-refractivity contribution in [2.45, 2.75) is 0 Å². The first-order chi connectivity index (χ1) is 4.24. The van der Waals surface area contributed by atoms with Gasteiger partial charge in [-0.25, -0.2) is 0 Å². The number of aliphatic hydroxyl groups is 3. The van der Waals surface area contributed by atoms with Crippen molar-refractivity contribution in [2.75, 3.05) is 20.2 Å². The van der Waals surface area contributed by atoms with E-state index in [-0.39, 0.29) is 20.2 Å². The third kappa shape index (κ3) is 4470. The Morgan fingerprint density at radius 1 is 0.667 bits per heavy atom. The van der Waals surface area contributed by atoms with E-state index >= 15 is 0 Å². The van der Waals surface area contributed by atoms with Crippen LogP contribution < -0.4 is 17.2 Å². The van der Waals surface area contributed by atoms with E-state index < -0.39 is 0 Å². The van der Waals surface area contributed by atoms with Gasteiger partial charge < -0.3 is 32.5 Å². The molecule has 0 radical (unpaired) electrons. The van der Waals surface area contributed by atoms with E-state index in [1.54, 1.807) is 0 Å². The summed E-state index contributed by atoms with van der Waals surface area (Å²) >= 11 is 0. The molecule has 9 heavy (non-hydrogen) atoms. The molecule has 0 rings (SSSR count). The molecule has 0 saturated heterocycles. The Kier molecular flexibility index (Phi) is 82.2. The lowest BCUT2D eigenvalue weighted by molar-refractivity contribution is 0.307. The number of hydrogen-bond acceptors (Lipinski definition) is 6. The van der Waals surface area contributed by atoms with Crippen molar-refractivity contribution in [1.29, 1.82) is 0 Å². The van der Waals surface area contributed by atoms with Gasteiger partial charge in [0.2, 0.25) is 0 Å². The zero-order chi connectivity index (χ0) is 8.12. The van der Waals surface area contributed by atoms with Crippen LogP contribution in [0.1, 0.15) is 0 Å². The number of nitrogens with two attached hydrogens (primary N) is 3. The van der Waals surface area contributed by atoms with Gasteiger partial charge in [0, 0.05) is 0 Å². The van der Waals surface area contributed by atoms with Crippen LogP contribution in [0.2, 0.25) is 0 Å². The maximum Gasteiger partial charge on any atom is 0.0906 e. The van der Waals surface area contributed by atoms with Gasteiger partial charge in [0.25, 0.3) is 0 Å². The van der Waals surface area contributed by atoms with Gasteiger partial charge in [-0.05, 0) is 0 Å². The molecule has 9 N–H and O–H groups in total. The molecule has 0 bridgehead atoms. The molecule has 0 spiro atoms. The van der Waals surface area contributed by atoms with Crippen LogP contribution >= 0.6 is 0 Å². The van der Waals surface area contributed by atoms with E-state index in [0.717, 1.165) is 0 Å². The topological polar surface area (TPSA) is 139 Å². The highest BCUT2D eigenvalue weighted by Crippen LogP contribution is 1.04. The van der Waals surface area contributed by atoms with Crippen LogP contribution in [-0.2, 0) is 0 Å². The van der Waals surface area contributed by atoms with Gasteiger partial charge in [-0.1, -0.05) is 0 Å². The summed E-state index contributed by atoms with van der Waals surface area (Å²) in [5.41, 5.74) is 13.2. The molecule has 6 nitrogen and oxygen atoms in total. The lowest BCUT2D eigenvalue weighted by atomic mass is 11.4. The Balaban J connectivity index is -0.0000000600. The van der Waals surface area contributed by atoms with Crippen LogP contribution in [0.3, 0.4) is 0 Å². The van der Waals surface area contributed by atoms with Crippen molar-refractivity contribution < 1.29 is 15.3 Å². The lowest BCUT2D eigenvalue weighted by Gasteiger charge is -1.56. The molecule has 0 aromatic carbocycles. The zero-order valence-electron chi connectivity index (χ0n) is 5.20. The minimum absolute atomic E-state index is 0.250. The highest BCUT2D eigenvalue weighted by molar-refractivity contribution is 3.77. The average molecular weight is 141 g/mol. The normalized spacial score (nSPS) is 6.00. The summed E-state index contributed by atoms with van der Waals surface area (Å²) in [7, 11) is 0. The molecule has 0 aromatic heterocycles. The molecular weight excluding hydrogens is 126 g/mol. The van der Waals surface area contributed by atoms with Gasteiger partial charge in [-0.15, -0.1) is 0 Å². The first-order valence-corrected chi connectivity index (χ1v) is 2.17. The summed E-state index contributed by atoms with van der Waals surface area (Å²) in [4.78, 5) is 0. The quantitative estimate of drug-likeness (QED) is 0.195. The average Bonchev–Trinajstić information content (AvgIpc) is 1.70. The summed E-state index contributed by atoms with van der Waals surface area (Å²) in [6.45, 7) is -0.750. The molecule has 0 amide bonds. The van der Waals surface area contributed by atoms with E-state index in [0.29, 0.717) is 0 Å². The van der Waals surface area contributed by atoms with Crippen LogP contribution in [0.5, 0.6) is 0 Å². The van der Waals surface area contributed by atoms with Gasteiger partial charge in [0.15, 0.2) is 0 Å². The third-order valence-corrected chi connectivity index (χ3v) is 0. The number of rotatable bonds is 0. The molecule has 0 aromatic rings. The SMILES string of the molecule is NCO.NCO.NCO. The fourth-order valence-corrected chi connectivity index (χ4v) is 0. The van der Waals surface area contributed by atoms with Gasteiger partial charge >= 0.3 is 0 Å². The summed E-state index contributed by atoms with van der Waals surface area (Å²) in [6, 6.07) is 0. The molecule has 0 saturated carbocycles. The van der Waals surface area contributed by atoms with E-state index in [4.69, 9.17) is 15.3 Å². The first kappa shape index (κ1) is 15.9. The van der Waals surface area contributed by atoms with Crippen molar-refractivity contribution in [1.82, 2.24) is 0 Å². The monoisotopic (exact) mass is 141 g/mol. The molecule has 0 aliphatic heterocycles. The Morgan fingerprint density at radius 3 is 0.667 bits per heavy atom. The van der Waals surface area contributed by atoms with Crippen LogP contribution in [0, 0.1) is 0 Å². The maximum atomic E-state index is 7.35. The summed E-state index contributed by atoms with van der Waals surface area (Å²) < 4.78 is 0. The Bertz CT molecular complexity index is 19.0. The maximum absolute atomic E-state index is 7.35. The molecule has 0 unspecified atom stereocenters. The number of aliphatic hydroxyl groups excluding tert-OH is 3. The van der Waals surface area contributed by atoms with E-state index in [2.05, 4.69) is 17.2 Å². The molecule has 0 aliphatic carbocycles. The standard InChI is InChI=1S/3CH5NO/c3*2-1-3/h3*3H,1-2H2. The second-order valence-corrected chi connectivity index (χ2v) is 0.548. The van der Waals surface area contributed by atoms with Crippen LogP contribution in [0.25, 0.3) is 0 Å². The van der Waals surface area contributed by atoms with Gasteiger partial charge in [-0.3, -0.25) is 0 Å². The summed E-state index contributed by atoms with van der Waals surface area (Å²) in [6.07, 6.45) is 0. The first-order valence-electron chi connectivity index (χ1n) is 2.17.